The van der Waals surface area contributed by atoms with Gasteiger partial charge in [-0.15, -0.1) is 0 Å². The summed E-state index contributed by atoms with van der Waals surface area (Å²) >= 11 is 0. The summed E-state index contributed by atoms with van der Waals surface area (Å²) in [6.07, 6.45) is 58.2. The van der Waals surface area contributed by atoms with Gasteiger partial charge >= 0.3 is 17.9 Å². The Hall–Kier alpha value is -1.59. The van der Waals surface area contributed by atoms with Gasteiger partial charge in [-0.3, -0.25) is 14.4 Å². The van der Waals surface area contributed by atoms with Crippen LogP contribution in [0.3, 0.4) is 0 Å². The van der Waals surface area contributed by atoms with Crippen LogP contribution >= 0.6 is 0 Å². The highest BCUT2D eigenvalue weighted by molar-refractivity contribution is 5.71. The summed E-state index contributed by atoms with van der Waals surface area (Å²) < 4.78 is 16.9. The number of rotatable bonds is 56. The van der Waals surface area contributed by atoms with Gasteiger partial charge in [0.25, 0.3) is 0 Å². The van der Waals surface area contributed by atoms with E-state index in [1.165, 1.54) is 231 Å². The molecule has 6 heteroatoms. The van der Waals surface area contributed by atoms with Gasteiger partial charge in [-0.2, -0.15) is 0 Å². The number of hydrogen-bond acceptors (Lipinski definition) is 6. The lowest BCUT2D eigenvalue weighted by Crippen LogP contribution is -2.30. The third-order valence-corrected chi connectivity index (χ3v) is 15.1. The summed E-state index contributed by atoms with van der Waals surface area (Å²) in [6, 6.07) is 0. The first-order valence-corrected chi connectivity index (χ1v) is 31.2. The molecule has 0 aliphatic carbocycles. The normalized spacial score (nSPS) is 12.9. The van der Waals surface area contributed by atoms with Gasteiger partial charge < -0.3 is 14.2 Å². The molecule has 0 saturated carbocycles. The maximum atomic E-state index is 12.8. The SMILES string of the molecule is CCC(C)CCCCCCCCCCCCCCCCCCCCC(=O)OC[C@H](COC(=O)CCCCCCCCCCCCCCCCCCC(C)C)OC(=O)CCCCCCCCC(C)CC. The minimum Gasteiger partial charge on any atom is -0.462 e. The second kappa shape index (κ2) is 54.2. The molecule has 0 saturated heterocycles. The van der Waals surface area contributed by atoms with Crippen LogP contribution in [0.25, 0.3) is 0 Å². The topological polar surface area (TPSA) is 78.9 Å². The van der Waals surface area contributed by atoms with Crippen LogP contribution in [0.1, 0.15) is 350 Å². The molecule has 0 bridgehead atoms. The fourth-order valence-electron chi connectivity index (χ4n) is 9.64. The van der Waals surface area contributed by atoms with Crippen molar-refractivity contribution in [2.24, 2.45) is 17.8 Å². The molecule has 0 radical (unpaired) electrons. The predicted octanol–water partition coefficient (Wildman–Crippen LogP) is 20.7. The van der Waals surface area contributed by atoms with Crippen LogP contribution in [-0.4, -0.2) is 37.2 Å². The van der Waals surface area contributed by atoms with E-state index >= 15 is 0 Å². The third-order valence-electron chi connectivity index (χ3n) is 15.1. The Labute approximate surface area is 431 Å². The molecule has 6 nitrogen and oxygen atoms in total. The van der Waals surface area contributed by atoms with Gasteiger partial charge in [0.15, 0.2) is 6.10 Å². The van der Waals surface area contributed by atoms with E-state index in [-0.39, 0.29) is 31.1 Å². The standard InChI is InChI=1S/C63H122O6/c1-7-58(5)50-44-38-32-28-24-20-16-11-9-10-12-17-21-25-29-33-40-46-52-61(64)67-55-60(69-63(66)54-48-42-36-35-39-45-51-59(6)8-2)56-68-62(65)53-47-41-34-30-26-22-18-14-13-15-19-23-27-31-37-43-49-57(3)4/h57-60H,7-56H2,1-6H3/t58?,59?,60-/m1/s1. The smallest absolute Gasteiger partial charge is 0.306 e. The first kappa shape index (κ1) is 67.4. The molecule has 0 aliphatic heterocycles. The van der Waals surface area contributed by atoms with Gasteiger partial charge in [0.05, 0.1) is 0 Å². The van der Waals surface area contributed by atoms with Gasteiger partial charge in [-0.1, -0.05) is 311 Å². The molecule has 3 atom stereocenters. The van der Waals surface area contributed by atoms with E-state index in [1.807, 2.05) is 0 Å². The molecule has 0 aromatic carbocycles. The zero-order valence-corrected chi connectivity index (χ0v) is 47.6. The first-order valence-electron chi connectivity index (χ1n) is 31.2. The summed E-state index contributed by atoms with van der Waals surface area (Å²) in [6.45, 7) is 13.8. The number of unbranched alkanes of at least 4 members (excludes halogenated alkanes) is 37. The first-order chi connectivity index (χ1) is 33.7. The number of carbonyl (C=O) groups excluding carboxylic acids is 3. The summed E-state index contributed by atoms with van der Waals surface area (Å²) in [5.74, 6) is 1.73. The lowest BCUT2D eigenvalue weighted by molar-refractivity contribution is -0.167. The van der Waals surface area contributed by atoms with Crippen LogP contribution in [-0.2, 0) is 28.6 Å². The van der Waals surface area contributed by atoms with Crippen molar-refractivity contribution in [3.8, 4) is 0 Å². The maximum Gasteiger partial charge on any atom is 0.306 e. The fraction of sp³-hybridized carbons (Fsp3) is 0.952. The largest absolute Gasteiger partial charge is 0.462 e. The lowest BCUT2D eigenvalue weighted by atomic mass is 9.99. The molecule has 2 unspecified atom stereocenters. The summed E-state index contributed by atoms with van der Waals surface area (Å²) in [7, 11) is 0. The fourth-order valence-corrected chi connectivity index (χ4v) is 9.64. The molecule has 0 aromatic heterocycles. The number of esters is 3. The molecule has 0 heterocycles. The Kier molecular flexibility index (Phi) is 52.9. The molecule has 0 amide bonds. The zero-order chi connectivity index (χ0) is 50.5. The van der Waals surface area contributed by atoms with Crippen LogP contribution in [0.4, 0.5) is 0 Å². The molecule has 69 heavy (non-hydrogen) atoms. The number of hydrogen-bond donors (Lipinski definition) is 0. The Balaban J connectivity index is 4.17. The van der Waals surface area contributed by atoms with Gasteiger partial charge in [-0.25, -0.2) is 0 Å². The minimum absolute atomic E-state index is 0.0640. The molecule has 0 rings (SSSR count). The molecule has 0 N–H and O–H groups in total. The van der Waals surface area contributed by atoms with Crippen molar-refractivity contribution < 1.29 is 28.6 Å². The zero-order valence-electron chi connectivity index (χ0n) is 47.6. The number of ether oxygens (including phenoxy) is 3. The van der Waals surface area contributed by atoms with Crippen molar-refractivity contribution >= 4 is 17.9 Å². The van der Waals surface area contributed by atoms with Crippen molar-refractivity contribution in [1.29, 1.82) is 0 Å². The highest BCUT2D eigenvalue weighted by atomic mass is 16.6. The van der Waals surface area contributed by atoms with E-state index in [9.17, 15) is 14.4 Å². The Morgan fingerprint density at radius 2 is 0.507 bits per heavy atom. The van der Waals surface area contributed by atoms with E-state index in [0.29, 0.717) is 19.3 Å². The van der Waals surface area contributed by atoms with Crippen molar-refractivity contribution in [3.05, 3.63) is 0 Å². The monoisotopic (exact) mass is 975 g/mol. The van der Waals surface area contributed by atoms with Crippen LogP contribution < -0.4 is 0 Å². The van der Waals surface area contributed by atoms with Gasteiger partial charge in [0.1, 0.15) is 13.2 Å². The van der Waals surface area contributed by atoms with Crippen molar-refractivity contribution in [2.75, 3.05) is 13.2 Å². The van der Waals surface area contributed by atoms with Crippen molar-refractivity contribution in [3.63, 3.8) is 0 Å². The second-order valence-corrected chi connectivity index (χ2v) is 22.7. The highest BCUT2D eigenvalue weighted by Crippen LogP contribution is 2.20. The second-order valence-electron chi connectivity index (χ2n) is 22.7. The molecule has 410 valence electrons. The highest BCUT2D eigenvalue weighted by Gasteiger charge is 2.19. The quantitative estimate of drug-likeness (QED) is 0.0343. The molecular weight excluding hydrogens is 853 g/mol. The van der Waals surface area contributed by atoms with Crippen LogP contribution in [0.15, 0.2) is 0 Å². The van der Waals surface area contributed by atoms with Crippen LogP contribution in [0.5, 0.6) is 0 Å². The maximum absolute atomic E-state index is 12.8. The molecule has 0 aliphatic rings. The summed E-state index contributed by atoms with van der Waals surface area (Å²) in [5, 5.41) is 0. The van der Waals surface area contributed by atoms with Gasteiger partial charge in [0.2, 0.25) is 0 Å². The summed E-state index contributed by atoms with van der Waals surface area (Å²) in [5.41, 5.74) is 0. The van der Waals surface area contributed by atoms with E-state index in [0.717, 1.165) is 75.5 Å². The average molecular weight is 976 g/mol. The van der Waals surface area contributed by atoms with Crippen molar-refractivity contribution in [2.45, 2.75) is 356 Å². The van der Waals surface area contributed by atoms with E-state index in [1.54, 1.807) is 0 Å². The third kappa shape index (κ3) is 54.0. The Bertz CT molecular complexity index is 1070. The lowest BCUT2D eigenvalue weighted by Gasteiger charge is -2.18. The predicted molar refractivity (Wildman–Crippen MR) is 298 cm³/mol. The van der Waals surface area contributed by atoms with Crippen LogP contribution in [0.2, 0.25) is 0 Å². The van der Waals surface area contributed by atoms with Crippen LogP contribution in [0, 0.1) is 17.8 Å². The average Bonchev–Trinajstić information content (AvgIpc) is 3.34. The molecular formula is C63H122O6. The van der Waals surface area contributed by atoms with Gasteiger partial charge in [-0.05, 0) is 37.0 Å². The summed E-state index contributed by atoms with van der Waals surface area (Å²) in [4.78, 5) is 38.2. The number of carbonyl (C=O) groups is 3. The Morgan fingerprint density at radius 3 is 0.754 bits per heavy atom. The van der Waals surface area contributed by atoms with Gasteiger partial charge in [0, 0.05) is 19.3 Å². The molecule has 0 aromatic rings. The minimum atomic E-state index is -0.765. The Morgan fingerprint density at radius 1 is 0.290 bits per heavy atom. The molecule has 0 fully saturated rings. The van der Waals surface area contributed by atoms with E-state index < -0.39 is 6.10 Å². The van der Waals surface area contributed by atoms with Crippen molar-refractivity contribution in [1.82, 2.24) is 0 Å². The molecule has 0 spiro atoms. The van der Waals surface area contributed by atoms with E-state index in [2.05, 4.69) is 41.5 Å². The van der Waals surface area contributed by atoms with E-state index in [4.69, 9.17) is 14.2 Å².